The number of aliphatic hydroxyl groups excluding tert-OH is 1. The molecule has 1 N–H and O–H groups in total. The van der Waals surface area contributed by atoms with Gasteiger partial charge in [0.2, 0.25) is 0 Å². The van der Waals surface area contributed by atoms with Gasteiger partial charge in [0.05, 0.1) is 25.3 Å². The zero-order chi connectivity index (χ0) is 9.80. The number of aliphatic hydroxyl groups is 1. The Labute approximate surface area is 82.9 Å². The average molecular weight is 197 g/mol. The van der Waals surface area contributed by atoms with Crippen LogP contribution in [0.3, 0.4) is 0 Å². The molecular weight excluding hydrogens is 182 g/mol. The van der Waals surface area contributed by atoms with Gasteiger partial charge in [-0.2, -0.15) is 0 Å². The minimum atomic E-state index is 0.106. The van der Waals surface area contributed by atoms with Crippen LogP contribution in [0.25, 0.3) is 0 Å². The number of oxazole rings is 1. The minimum Gasteiger partial charge on any atom is -0.446 e. The zero-order valence-electron chi connectivity index (χ0n) is 8.11. The summed E-state index contributed by atoms with van der Waals surface area (Å²) in [5, 5.41) is 8.70. The second-order valence-corrected chi connectivity index (χ2v) is 3.53. The van der Waals surface area contributed by atoms with Gasteiger partial charge in [-0.25, -0.2) is 4.98 Å². The fraction of sp³-hybridized carbons (Fsp3) is 0.700. The first kappa shape index (κ1) is 9.68. The molecule has 1 aliphatic rings. The summed E-state index contributed by atoms with van der Waals surface area (Å²) in [4.78, 5) is 4.14. The topological polar surface area (TPSA) is 55.5 Å². The molecule has 1 aromatic heterocycles. The first-order valence-corrected chi connectivity index (χ1v) is 5.04. The standard InChI is InChI=1S/C10H15NO3/c12-4-3-9-7-11-10(14-9)6-8-2-1-5-13-8/h7-8,12H,1-6H2. The van der Waals surface area contributed by atoms with Gasteiger partial charge >= 0.3 is 0 Å². The highest BCUT2D eigenvalue weighted by Gasteiger charge is 2.18. The Balaban J connectivity index is 1.88. The van der Waals surface area contributed by atoms with E-state index in [-0.39, 0.29) is 12.7 Å². The third kappa shape index (κ3) is 2.33. The molecule has 0 amide bonds. The minimum absolute atomic E-state index is 0.106. The van der Waals surface area contributed by atoms with Gasteiger partial charge in [0.1, 0.15) is 5.76 Å². The van der Waals surface area contributed by atoms with Gasteiger partial charge in [-0.15, -0.1) is 0 Å². The van der Waals surface area contributed by atoms with E-state index in [1.54, 1.807) is 6.20 Å². The third-order valence-corrected chi connectivity index (χ3v) is 2.39. The first-order chi connectivity index (χ1) is 6.88. The van der Waals surface area contributed by atoms with Gasteiger partial charge in [0.25, 0.3) is 0 Å². The number of ether oxygens (including phenoxy) is 1. The Morgan fingerprint density at radius 1 is 1.57 bits per heavy atom. The summed E-state index contributed by atoms with van der Waals surface area (Å²) in [6, 6.07) is 0. The van der Waals surface area contributed by atoms with Crippen molar-refractivity contribution in [3.63, 3.8) is 0 Å². The van der Waals surface area contributed by atoms with Crippen molar-refractivity contribution in [1.82, 2.24) is 4.98 Å². The van der Waals surface area contributed by atoms with Gasteiger partial charge in [-0.05, 0) is 12.8 Å². The van der Waals surface area contributed by atoms with Gasteiger partial charge < -0.3 is 14.3 Å². The van der Waals surface area contributed by atoms with Crippen LogP contribution >= 0.6 is 0 Å². The number of nitrogens with zero attached hydrogens (tertiary/aromatic N) is 1. The van der Waals surface area contributed by atoms with Crippen molar-refractivity contribution in [2.75, 3.05) is 13.2 Å². The highest BCUT2D eigenvalue weighted by Crippen LogP contribution is 2.17. The summed E-state index contributed by atoms with van der Waals surface area (Å²) in [5.74, 6) is 1.47. The Morgan fingerprint density at radius 2 is 2.50 bits per heavy atom. The molecule has 0 bridgehead atoms. The van der Waals surface area contributed by atoms with Crippen LogP contribution in [0.1, 0.15) is 24.5 Å². The Morgan fingerprint density at radius 3 is 3.21 bits per heavy atom. The van der Waals surface area contributed by atoms with E-state index in [4.69, 9.17) is 14.3 Å². The van der Waals surface area contributed by atoms with Crippen LogP contribution in [0, 0.1) is 0 Å². The summed E-state index contributed by atoms with van der Waals surface area (Å²) in [6.45, 7) is 0.962. The SMILES string of the molecule is OCCc1cnc(CC2CCCO2)o1. The molecule has 4 heteroatoms. The molecular formula is C10H15NO3. The summed E-state index contributed by atoms with van der Waals surface area (Å²) >= 11 is 0. The molecule has 1 unspecified atom stereocenters. The number of aromatic nitrogens is 1. The quantitative estimate of drug-likeness (QED) is 0.780. The van der Waals surface area contributed by atoms with Crippen LogP contribution in [0.5, 0.6) is 0 Å². The van der Waals surface area contributed by atoms with E-state index in [2.05, 4.69) is 4.98 Å². The Bertz CT molecular complexity index is 279. The van der Waals surface area contributed by atoms with Crippen LogP contribution in [-0.2, 0) is 17.6 Å². The third-order valence-electron chi connectivity index (χ3n) is 2.39. The van der Waals surface area contributed by atoms with E-state index in [0.717, 1.165) is 37.5 Å². The lowest BCUT2D eigenvalue weighted by Gasteiger charge is -2.04. The first-order valence-electron chi connectivity index (χ1n) is 5.04. The highest BCUT2D eigenvalue weighted by molar-refractivity contribution is 4.95. The van der Waals surface area contributed by atoms with E-state index >= 15 is 0 Å². The second kappa shape index (κ2) is 4.57. The van der Waals surface area contributed by atoms with Crippen molar-refractivity contribution in [1.29, 1.82) is 0 Å². The maximum absolute atomic E-state index is 8.70. The number of hydrogen-bond acceptors (Lipinski definition) is 4. The molecule has 1 atom stereocenters. The lowest BCUT2D eigenvalue weighted by atomic mass is 10.2. The second-order valence-electron chi connectivity index (χ2n) is 3.53. The fourth-order valence-corrected chi connectivity index (χ4v) is 1.67. The number of hydrogen-bond donors (Lipinski definition) is 1. The van der Waals surface area contributed by atoms with Crippen LogP contribution in [0.4, 0.5) is 0 Å². The smallest absolute Gasteiger partial charge is 0.196 e. The number of rotatable bonds is 4. The van der Waals surface area contributed by atoms with Gasteiger partial charge in [0.15, 0.2) is 5.89 Å². The summed E-state index contributed by atoms with van der Waals surface area (Å²) in [6.07, 6.45) is 5.48. The molecule has 1 saturated heterocycles. The summed E-state index contributed by atoms with van der Waals surface area (Å²) in [7, 11) is 0. The predicted octanol–water partition coefficient (Wildman–Crippen LogP) is 0.931. The van der Waals surface area contributed by atoms with Crippen LogP contribution in [-0.4, -0.2) is 29.4 Å². The largest absolute Gasteiger partial charge is 0.446 e. The summed E-state index contributed by atoms with van der Waals surface area (Å²) < 4.78 is 10.9. The fourth-order valence-electron chi connectivity index (χ4n) is 1.67. The van der Waals surface area contributed by atoms with Crippen LogP contribution in [0.2, 0.25) is 0 Å². The molecule has 78 valence electrons. The monoisotopic (exact) mass is 197 g/mol. The van der Waals surface area contributed by atoms with Gasteiger partial charge in [-0.1, -0.05) is 0 Å². The van der Waals surface area contributed by atoms with Crippen molar-refractivity contribution in [3.8, 4) is 0 Å². The van der Waals surface area contributed by atoms with E-state index in [1.807, 2.05) is 0 Å². The van der Waals surface area contributed by atoms with Crippen LogP contribution in [0.15, 0.2) is 10.6 Å². The van der Waals surface area contributed by atoms with Crippen molar-refractivity contribution < 1.29 is 14.3 Å². The molecule has 0 aromatic carbocycles. The molecule has 14 heavy (non-hydrogen) atoms. The van der Waals surface area contributed by atoms with E-state index in [0.29, 0.717) is 6.42 Å². The maximum atomic E-state index is 8.70. The molecule has 2 heterocycles. The predicted molar refractivity (Wildman–Crippen MR) is 50.0 cm³/mol. The summed E-state index contributed by atoms with van der Waals surface area (Å²) in [5.41, 5.74) is 0. The van der Waals surface area contributed by atoms with Crippen molar-refractivity contribution in [3.05, 3.63) is 17.8 Å². The molecule has 1 aromatic rings. The van der Waals surface area contributed by atoms with Gasteiger partial charge in [0, 0.05) is 13.0 Å². The lowest BCUT2D eigenvalue weighted by molar-refractivity contribution is 0.105. The molecule has 0 aliphatic carbocycles. The van der Waals surface area contributed by atoms with Crippen molar-refractivity contribution in [2.45, 2.75) is 31.8 Å². The van der Waals surface area contributed by atoms with Crippen molar-refractivity contribution >= 4 is 0 Å². The maximum Gasteiger partial charge on any atom is 0.196 e. The van der Waals surface area contributed by atoms with Gasteiger partial charge in [-0.3, -0.25) is 0 Å². The van der Waals surface area contributed by atoms with E-state index in [1.165, 1.54) is 0 Å². The average Bonchev–Trinajstić information content (AvgIpc) is 2.79. The molecule has 0 saturated carbocycles. The molecule has 1 aliphatic heterocycles. The lowest BCUT2D eigenvalue weighted by Crippen LogP contribution is -2.08. The van der Waals surface area contributed by atoms with Crippen LogP contribution < -0.4 is 0 Å². The molecule has 1 fully saturated rings. The van der Waals surface area contributed by atoms with Crippen molar-refractivity contribution in [2.24, 2.45) is 0 Å². The van der Waals surface area contributed by atoms with E-state index < -0.39 is 0 Å². The highest BCUT2D eigenvalue weighted by atomic mass is 16.5. The Hall–Kier alpha value is -0.870. The normalized spacial score (nSPS) is 21.6. The molecule has 2 rings (SSSR count). The van der Waals surface area contributed by atoms with E-state index in [9.17, 15) is 0 Å². The zero-order valence-corrected chi connectivity index (χ0v) is 8.11. The molecule has 4 nitrogen and oxygen atoms in total. The molecule has 0 radical (unpaired) electrons. The Kier molecular flexibility index (Phi) is 3.16. The molecule has 0 spiro atoms.